The summed E-state index contributed by atoms with van der Waals surface area (Å²) in [6.45, 7) is 0. The summed E-state index contributed by atoms with van der Waals surface area (Å²) < 4.78 is 6.08. The third kappa shape index (κ3) is 2.39. The Labute approximate surface area is 101 Å². The first-order chi connectivity index (χ1) is 6.27. The third-order valence-electron chi connectivity index (χ3n) is 1.80. The van der Waals surface area contributed by atoms with Crippen LogP contribution in [0.3, 0.4) is 0 Å². The number of thiophene rings is 1. The molecule has 0 amide bonds. The zero-order chi connectivity index (χ0) is 9.26. The lowest BCUT2D eigenvalue weighted by Crippen LogP contribution is -2.09. The van der Waals surface area contributed by atoms with E-state index in [1.807, 2.05) is 29.0 Å². The molecule has 0 aliphatic carbocycles. The lowest BCUT2D eigenvalue weighted by atomic mass is 10.1. The third-order valence-corrected chi connectivity index (χ3v) is 2.93. The van der Waals surface area contributed by atoms with Crippen molar-refractivity contribution in [3.05, 3.63) is 45.0 Å². The Hall–Kier alpha value is -0.290. The Kier molecular flexibility index (Phi) is 4.19. The molecule has 1 atom stereocenters. The van der Waals surface area contributed by atoms with Crippen molar-refractivity contribution in [2.24, 2.45) is 5.73 Å². The fourth-order valence-corrected chi connectivity index (χ4v) is 2.13. The van der Waals surface area contributed by atoms with Gasteiger partial charge < -0.3 is 10.2 Å². The first kappa shape index (κ1) is 11.8. The maximum atomic E-state index is 5.97. The van der Waals surface area contributed by atoms with Crippen LogP contribution in [-0.4, -0.2) is 0 Å². The molecule has 0 aliphatic rings. The topological polar surface area (TPSA) is 39.2 Å². The van der Waals surface area contributed by atoms with Gasteiger partial charge in [0.25, 0.3) is 0 Å². The van der Waals surface area contributed by atoms with Crippen LogP contribution >= 0.6 is 39.7 Å². The van der Waals surface area contributed by atoms with Crippen molar-refractivity contribution in [3.63, 3.8) is 0 Å². The zero-order valence-electron chi connectivity index (χ0n) is 7.14. The lowest BCUT2D eigenvalue weighted by Gasteiger charge is -2.04. The predicted molar refractivity (Wildman–Crippen MR) is 64.0 cm³/mol. The predicted octanol–water partition coefficient (Wildman–Crippen LogP) is 3.57. The van der Waals surface area contributed by atoms with Gasteiger partial charge in [0.1, 0.15) is 5.76 Å². The van der Waals surface area contributed by atoms with Crippen molar-refractivity contribution in [1.29, 1.82) is 0 Å². The first-order valence-electron chi connectivity index (χ1n) is 3.80. The Morgan fingerprint density at radius 3 is 2.64 bits per heavy atom. The minimum atomic E-state index is -0.155. The summed E-state index contributed by atoms with van der Waals surface area (Å²) in [6.07, 6.45) is 0. The van der Waals surface area contributed by atoms with Gasteiger partial charge in [-0.15, -0.1) is 12.4 Å². The van der Waals surface area contributed by atoms with Gasteiger partial charge in [0, 0.05) is 0 Å². The number of hydrogen-bond acceptors (Lipinski definition) is 3. The molecular weight excluding hydrogens is 286 g/mol. The summed E-state index contributed by atoms with van der Waals surface area (Å²) >= 11 is 4.88. The first-order valence-corrected chi connectivity index (χ1v) is 5.54. The molecule has 0 spiro atoms. The van der Waals surface area contributed by atoms with Gasteiger partial charge in [0.05, 0.1) is 6.04 Å². The Bertz CT molecular complexity index is 387. The van der Waals surface area contributed by atoms with Gasteiger partial charge in [-0.25, -0.2) is 0 Å². The van der Waals surface area contributed by atoms with E-state index in [9.17, 15) is 0 Å². The molecule has 2 nitrogen and oxygen atoms in total. The Morgan fingerprint density at radius 1 is 1.36 bits per heavy atom. The number of furan rings is 1. The molecule has 76 valence electrons. The summed E-state index contributed by atoms with van der Waals surface area (Å²) in [5, 5.41) is 4.04. The van der Waals surface area contributed by atoms with Gasteiger partial charge in [-0.3, -0.25) is 0 Å². The number of nitrogens with two attached hydrogens (primary N) is 1. The Morgan fingerprint density at radius 2 is 2.14 bits per heavy atom. The van der Waals surface area contributed by atoms with E-state index in [-0.39, 0.29) is 18.4 Å². The summed E-state index contributed by atoms with van der Waals surface area (Å²) in [4.78, 5) is 0. The molecule has 0 aliphatic heterocycles. The van der Waals surface area contributed by atoms with Crippen LogP contribution in [-0.2, 0) is 0 Å². The number of rotatable bonds is 2. The van der Waals surface area contributed by atoms with Gasteiger partial charge >= 0.3 is 0 Å². The molecule has 2 rings (SSSR count). The highest BCUT2D eigenvalue weighted by molar-refractivity contribution is 9.10. The molecule has 14 heavy (non-hydrogen) atoms. The van der Waals surface area contributed by atoms with Crippen LogP contribution in [0, 0.1) is 0 Å². The van der Waals surface area contributed by atoms with Crippen LogP contribution in [0.5, 0.6) is 0 Å². The van der Waals surface area contributed by atoms with E-state index in [1.165, 1.54) is 0 Å². The molecular formula is C9H9BrClNOS. The van der Waals surface area contributed by atoms with Crippen molar-refractivity contribution < 1.29 is 4.42 Å². The minimum Gasteiger partial charge on any atom is -0.452 e. The molecule has 0 fully saturated rings. The molecule has 2 aromatic rings. The average Bonchev–Trinajstić information content (AvgIpc) is 2.72. The minimum absolute atomic E-state index is 0. The van der Waals surface area contributed by atoms with Crippen LogP contribution in [0.1, 0.15) is 17.4 Å². The highest BCUT2D eigenvalue weighted by atomic mass is 79.9. The monoisotopic (exact) mass is 293 g/mol. The maximum Gasteiger partial charge on any atom is 0.169 e. The summed E-state index contributed by atoms with van der Waals surface area (Å²) in [5.41, 5.74) is 7.06. The fraction of sp³-hybridized carbons (Fsp3) is 0.111. The van der Waals surface area contributed by atoms with Crippen molar-refractivity contribution in [2.75, 3.05) is 0 Å². The molecule has 0 radical (unpaired) electrons. The van der Waals surface area contributed by atoms with E-state index in [0.29, 0.717) is 4.67 Å². The van der Waals surface area contributed by atoms with E-state index < -0.39 is 0 Å². The fourth-order valence-electron chi connectivity index (χ4n) is 1.11. The summed E-state index contributed by atoms with van der Waals surface area (Å²) in [5.74, 6) is 0.783. The second-order valence-corrected chi connectivity index (χ2v) is 4.24. The average molecular weight is 295 g/mol. The summed E-state index contributed by atoms with van der Waals surface area (Å²) in [6, 6.07) is 5.58. The molecule has 0 saturated carbocycles. The smallest absolute Gasteiger partial charge is 0.169 e. The van der Waals surface area contributed by atoms with Crippen LogP contribution < -0.4 is 5.73 Å². The van der Waals surface area contributed by atoms with Gasteiger partial charge in [-0.1, -0.05) is 0 Å². The van der Waals surface area contributed by atoms with Crippen LogP contribution in [0.15, 0.2) is 38.0 Å². The highest BCUT2D eigenvalue weighted by Gasteiger charge is 2.12. The zero-order valence-corrected chi connectivity index (χ0v) is 10.4. The van der Waals surface area contributed by atoms with E-state index in [4.69, 9.17) is 10.2 Å². The molecule has 0 unspecified atom stereocenters. The number of hydrogen-bond donors (Lipinski definition) is 1. The van der Waals surface area contributed by atoms with Crippen molar-refractivity contribution in [2.45, 2.75) is 6.04 Å². The van der Waals surface area contributed by atoms with E-state index >= 15 is 0 Å². The lowest BCUT2D eigenvalue weighted by molar-refractivity contribution is 0.470. The largest absolute Gasteiger partial charge is 0.452 e. The quantitative estimate of drug-likeness (QED) is 0.919. The second-order valence-electron chi connectivity index (χ2n) is 2.68. The standard InChI is InChI=1S/C9H8BrNOS.ClH/c10-8-2-1-7(12-8)9(11)6-3-4-13-5-6;/h1-5,9H,11H2;1H/t9-;/m1./s1. The van der Waals surface area contributed by atoms with E-state index in [1.54, 1.807) is 11.3 Å². The molecule has 2 heterocycles. The molecule has 0 aromatic carbocycles. The van der Waals surface area contributed by atoms with Gasteiger partial charge in [0.15, 0.2) is 4.67 Å². The van der Waals surface area contributed by atoms with Crippen molar-refractivity contribution >= 4 is 39.7 Å². The van der Waals surface area contributed by atoms with E-state index in [0.717, 1.165) is 11.3 Å². The molecule has 5 heteroatoms. The van der Waals surface area contributed by atoms with Gasteiger partial charge in [-0.2, -0.15) is 11.3 Å². The number of halogens is 2. The van der Waals surface area contributed by atoms with Crippen LogP contribution in [0.25, 0.3) is 0 Å². The van der Waals surface area contributed by atoms with Crippen molar-refractivity contribution in [1.82, 2.24) is 0 Å². The van der Waals surface area contributed by atoms with Crippen LogP contribution in [0.2, 0.25) is 0 Å². The SMILES string of the molecule is Cl.N[C@H](c1ccsc1)c1ccc(Br)o1. The van der Waals surface area contributed by atoms with E-state index in [2.05, 4.69) is 15.9 Å². The van der Waals surface area contributed by atoms with Gasteiger partial charge in [0.2, 0.25) is 0 Å². The van der Waals surface area contributed by atoms with Gasteiger partial charge in [-0.05, 0) is 50.5 Å². The highest BCUT2D eigenvalue weighted by Crippen LogP contribution is 2.25. The van der Waals surface area contributed by atoms with Crippen LogP contribution in [0.4, 0.5) is 0 Å². The Balaban J connectivity index is 0.000000980. The molecule has 0 bridgehead atoms. The maximum absolute atomic E-state index is 5.97. The van der Waals surface area contributed by atoms with Crippen molar-refractivity contribution in [3.8, 4) is 0 Å². The molecule has 2 aromatic heterocycles. The molecule has 0 saturated heterocycles. The summed E-state index contributed by atoms with van der Waals surface area (Å²) in [7, 11) is 0. The normalized spacial score (nSPS) is 12.1. The molecule has 2 N–H and O–H groups in total. The second kappa shape index (κ2) is 4.98.